The van der Waals surface area contributed by atoms with Gasteiger partial charge < -0.3 is 9.47 Å². The molecule has 5 rings (SSSR count). The van der Waals surface area contributed by atoms with Crippen LogP contribution >= 0.6 is 40.1 Å². The molecule has 0 amide bonds. The number of halogens is 1. The van der Waals surface area contributed by atoms with E-state index in [-0.39, 0.29) is 17.0 Å². The fraction of sp³-hybridized carbons (Fsp3) is 0.227. The highest BCUT2D eigenvalue weighted by Gasteiger charge is 2.30. The number of aromatic nitrogens is 3. The molecule has 4 heterocycles. The molecule has 0 saturated carbocycles. The van der Waals surface area contributed by atoms with Crippen molar-refractivity contribution in [2.75, 3.05) is 4.90 Å². The van der Waals surface area contributed by atoms with Crippen LogP contribution in [0.5, 0.6) is 0 Å². The van der Waals surface area contributed by atoms with Crippen molar-refractivity contribution in [1.29, 1.82) is 5.26 Å². The number of hydrogen-bond acceptors (Lipinski definition) is 6. The van der Waals surface area contributed by atoms with E-state index < -0.39 is 0 Å². The Morgan fingerprint density at radius 1 is 1.03 bits per heavy atom. The van der Waals surface area contributed by atoms with Crippen molar-refractivity contribution in [3.63, 3.8) is 0 Å². The van der Waals surface area contributed by atoms with Gasteiger partial charge in [0.2, 0.25) is 0 Å². The Balaban J connectivity index is 0.00000218. The predicted molar refractivity (Wildman–Crippen MR) is 129 cm³/mol. The summed E-state index contributed by atoms with van der Waals surface area (Å²) in [5.41, 5.74) is 2.72. The van der Waals surface area contributed by atoms with Crippen LogP contribution in [0.2, 0.25) is 0 Å². The third kappa shape index (κ3) is 3.73. The minimum Gasteiger partial charge on any atom is -0.310 e. The summed E-state index contributed by atoms with van der Waals surface area (Å²) in [7, 11) is 0. The van der Waals surface area contributed by atoms with Crippen LogP contribution in [-0.2, 0) is 13.0 Å². The number of aryl methyl sites for hydroxylation is 1. The summed E-state index contributed by atoms with van der Waals surface area (Å²) in [4.78, 5) is 3.35. The van der Waals surface area contributed by atoms with Gasteiger partial charge in [-0.1, -0.05) is 42.4 Å². The van der Waals surface area contributed by atoms with Crippen molar-refractivity contribution in [1.82, 2.24) is 14.8 Å². The van der Waals surface area contributed by atoms with E-state index in [2.05, 4.69) is 60.8 Å². The van der Waals surface area contributed by atoms with Crippen LogP contribution in [0.4, 0.5) is 5.69 Å². The lowest BCUT2D eigenvalue weighted by Gasteiger charge is -2.24. The number of hydrogen-bond donors (Lipinski definition) is 0. The third-order valence-electron chi connectivity index (χ3n) is 5.17. The molecule has 0 bridgehead atoms. The average Bonchev–Trinajstić information content (AvgIpc) is 3.48. The number of allylic oxidation sites excluding steroid dienone is 1. The largest absolute Gasteiger partial charge is 0.310 e. The van der Waals surface area contributed by atoms with Gasteiger partial charge in [0, 0.05) is 24.1 Å². The normalized spacial score (nSPS) is 17.4. The van der Waals surface area contributed by atoms with Crippen LogP contribution < -0.4 is 4.90 Å². The first-order chi connectivity index (χ1) is 14.4. The summed E-state index contributed by atoms with van der Waals surface area (Å²) in [6.07, 6.45) is 4.34. The van der Waals surface area contributed by atoms with Gasteiger partial charge in [-0.25, -0.2) is 0 Å². The summed E-state index contributed by atoms with van der Waals surface area (Å²) in [6, 6.07) is 16.8. The number of thioether (sulfide) groups is 1. The number of para-hydroxylation sites is 1. The zero-order chi connectivity index (χ0) is 19.6. The summed E-state index contributed by atoms with van der Waals surface area (Å²) in [5, 5.41) is 24.1. The van der Waals surface area contributed by atoms with Crippen LogP contribution in [0.3, 0.4) is 0 Å². The number of benzene rings is 1. The third-order valence-corrected chi connectivity index (χ3v) is 7.02. The lowest BCUT2D eigenvalue weighted by atomic mass is 10.2. The molecule has 3 aromatic rings. The lowest BCUT2D eigenvalue weighted by molar-refractivity contribution is 0.627. The monoisotopic (exact) mass is 497 g/mol. The highest BCUT2D eigenvalue weighted by Crippen LogP contribution is 2.46. The van der Waals surface area contributed by atoms with E-state index in [0.717, 1.165) is 48.0 Å². The topological polar surface area (TPSA) is 57.7 Å². The Morgan fingerprint density at radius 2 is 1.90 bits per heavy atom. The molecule has 0 saturated heterocycles. The Kier molecular flexibility index (Phi) is 6.42. The van der Waals surface area contributed by atoms with Crippen LogP contribution in [0.15, 0.2) is 58.3 Å². The smallest absolute Gasteiger partial charge is 0.177 e. The van der Waals surface area contributed by atoms with E-state index in [9.17, 15) is 5.26 Å². The maximum Gasteiger partial charge on any atom is 0.177 e. The lowest BCUT2D eigenvalue weighted by Crippen LogP contribution is -2.17. The molecule has 152 valence electrons. The van der Waals surface area contributed by atoms with Gasteiger partial charge in [-0.2, -0.15) is 5.26 Å². The van der Waals surface area contributed by atoms with Crippen molar-refractivity contribution in [3.05, 3.63) is 74.8 Å². The van der Waals surface area contributed by atoms with Crippen molar-refractivity contribution < 1.29 is 0 Å². The summed E-state index contributed by atoms with van der Waals surface area (Å²) < 4.78 is 2.14. The summed E-state index contributed by atoms with van der Waals surface area (Å²) >= 11 is 3.29. The van der Waals surface area contributed by atoms with E-state index in [1.54, 1.807) is 23.1 Å². The fourth-order valence-corrected chi connectivity index (χ4v) is 5.61. The Labute approximate surface area is 194 Å². The maximum absolute atomic E-state index is 10.2. The molecule has 2 aromatic heterocycles. The average molecular weight is 498 g/mol. The molecular weight excluding hydrogens is 478 g/mol. The van der Waals surface area contributed by atoms with E-state index in [0.29, 0.717) is 11.4 Å². The van der Waals surface area contributed by atoms with Gasteiger partial charge in [0.05, 0.1) is 10.6 Å². The molecule has 0 aliphatic carbocycles. The highest BCUT2D eigenvalue weighted by atomic mass is 79.9. The number of nitrogens with zero attached hydrogens (tertiary/aromatic N) is 5. The molecule has 2 aliphatic heterocycles. The van der Waals surface area contributed by atoms with Gasteiger partial charge in [0.1, 0.15) is 22.5 Å². The SMILES string of the molecule is Br.N#C/C(=C1/SC=C(c2cccs2)N1c1ccccc1)c1nnc2n1CCCCC2. The van der Waals surface area contributed by atoms with Gasteiger partial charge in [-0.05, 0) is 36.4 Å². The second-order valence-corrected chi connectivity index (χ2v) is 8.77. The van der Waals surface area contributed by atoms with E-state index >= 15 is 0 Å². The standard InChI is InChI=1S/C22H19N5S2.BrH/c23-14-17(21-25-24-20-11-5-2-6-12-26(20)21)22-27(16-8-3-1-4-9-16)18(15-29-22)19-10-7-13-28-19;/h1,3-4,7-10,13,15H,2,5-6,11-12H2;1H/b22-17-;. The zero-order valence-corrected chi connectivity index (χ0v) is 19.5. The van der Waals surface area contributed by atoms with Gasteiger partial charge in [0.25, 0.3) is 0 Å². The fourth-order valence-electron chi connectivity index (χ4n) is 3.79. The molecule has 2 aliphatic rings. The highest BCUT2D eigenvalue weighted by molar-refractivity contribution is 8.93. The second kappa shape index (κ2) is 9.21. The van der Waals surface area contributed by atoms with Gasteiger partial charge in [0.15, 0.2) is 5.82 Å². The molecule has 0 atom stereocenters. The van der Waals surface area contributed by atoms with Crippen molar-refractivity contribution in [3.8, 4) is 6.07 Å². The number of rotatable bonds is 3. The number of anilines is 1. The first-order valence-electron chi connectivity index (χ1n) is 9.69. The van der Waals surface area contributed by atoms with Crippen molar-refractivity contribution in [2.24, 2.45) is 0 Å². The van der Waals surface area contributed by atoms with Crippen LogP contribution in [0.1, 0.15) is 35.8 Å². The Bertz CT molecular complexity index is 1130. The Hall–Kier alpha value is -2.34. The van der Waals surface area contributed by atoms with Crippen molar-refractivity contribution in [2.45, 2.75) is 32.2 Å². The number of fused-ring (bicyclic) bond motifs is 1. The van der Waals surface area contributed by atoms with E-state index in [1.807, 2.05) is 18.2 Å². The van der Waals surface area contributed by atoms with Crippen LogP contribution in [0, 0.1) is 11.3 Å². The van der Waals surface area contributed by atoms with E-state index in [1.165, 1.54) is 11.3 Å². The maximum atomic E-state index is 10.2. The zero-order valence-electron chi connectivity index (χ0n) is 16.2. The predicted octanol–water partition coefficient (Wildman–Crippen LogP) is 6.09. The molecular formula is C22H20BrN5S2. The minimum atomic E-state index is 0. The summed E-state index contributed by atoms with van der Waals surface area (Å²) in [6.45, 7) is 0.872. The van der Waals surface area contributed by atoms with E-state index in [4.69, 9.17) is 0 Å². The number of thiophene rings is 1. The molecule has 0 unspecified atom stereocenters. The molecule has 30 heavy (non-hydrogen) atoms. The first kappa shape index (κ1) is 20.9. The molecule has 0 N–H and O–H groups in total. The second-order valence-electron chi connectivity index (χ2n) is 6.96. The first-order valence-corrected chi connectivity index (χ1v) is 11.5. The molecule has 5 nitrogen and oxygen atoms in total. The van der Waals surface area contributed by atoms with Crippen molar-refractivity contribution >= 4 is 57.0 Å². The number of nitriles is 1. The Morgan fingerprint density at radius 3 is 2.67 bits per heavy atom. The molecule has 1 aromatic carbocycles. The minimum absolute atomic E-state index is 0. The molecule has 8 heteroatoms. The molecule has 0 spiro atoms. The quantitative estimate of drug-likeness (QED) is 0.409. The van der Waals surface area contributed by atoms with Crippen LogP contribution in [-0.4, -0.2) is 14.8 Å². The van der Waals surface area contributed by atoms with Crippen LogP contribution in [0.25, 0.3) is 11.3 Å². The molecule has 0 radical (unpaired) electrons. The molecule has 0 fully saturated rings. The summed E-state index contributed by atoms with van der Waals surface area (Å²) in [5.74, 6) is 1.68. The van der Waals surface area contributed by atoms with Gasteiger partial charge >= 0.3 is 0 Å². The van der Waals surface area contributed by atoms with Gasteiger partial charge in [-0.15, -0.1) is 38.5 Å². The van der Waals surface area contributed by atoms with Gasteiger partial charge in [-0.3, -0.25) is 0 Å².